The van der Waals surface area contributed by atoms with Crippen LogP contribution in [-0.2, 0) is 4.79 Å². The monoisotopic (exact) mass is 303 g/mol. The Hall–Kier alpha value is -2.76. The highest BCUT2D eigenvalue weighted by molar-refractivity contribution is 6.05. The molecule has 0 bridgehead atoms. The summed E-state index contributed by atoms with van der Waals surface area (Å²) in [6.45, 7) is 1.55. The predicted molar refractivity (Wildman–Crippen MR) is 80.2 cm³/mol. The fraction of sp³-hybridized carbons (Fsp3) is 0.250. The van der Waals surface area contributed by atoms with Crippen molar-refractivity contribution in [1.29, 1.82) is 0 Å². The number of nitrogens with zero attached hydrogens (tertiary/aromatic N) is 1. The van der Waals surface area contributed by atoms with Crippen molar-refractivity contribution in [2.75, 3.05) is 18.6 Å². The molecule has 1 amide bonds. The van der Waals surface area contributed by atoms with Crippen molar-refractivity contribution >= 4 is 17.6 Å². The van der Waals surface area contributed by atoms with E-state index < -0.39 is 17.8 Å². The van der Waals surface area contributed by atoms with Gasteiger partial charge in [-0.3, -0.25) is 9.59 Å². The Bertz CT molecular complexity index is 650. The van der Waals surface area contributed by atoms with Gasteiger partial charge in [-0.15, -0.1) is 0 Å². The minimum atomic E-state index is -0.979. The molecular weight excluding hydrogens is 286 g/mol. The van der Waals surface area contributed by atoms with E-state index in [4.69, 9.17) is 14.3 Å². The van der Waals surface area contributed by atoms with Crippen LogP contribution in [0.25, 0.3) is 0 Å². The van der Waals surface area contributed by atoms with Crippen LogP contribution >= 0.6 is 0 Å². The molecular formula is C16H17NO5. The van der Waals surface area contributed by atoms with E-state index in [-0.39, 0.29) is 12.3 Å². The molecule has 1 aromatic carbocycles. The van der Waals surface area contributed by atoms with Crippen molar-refractivity contribution in [3.05, 3.63) is 48.4 Å². The minimum absolute atomic E-state index is 0.00917. The number of aliphatic carboxylic acids is 1. The Morgan fingerprint density at radius 1 is 1.27 bits per heavy atom. The second-order valence-electron chi connectivity index (χ2n) is 4.80. The normalized spacial score (nSPS) is 11.7. The molecule has 0 aliphatic heterocycles. The van der Waals surface area contributed by atoms with Crippen LogP contribution in [0.2, 0.25) is 0 Å². The number of methoxy groups -OCH3 is 1. The van der Waals surface area contributed by atoms with Crippen molar-refractivity contribution in [3.8, 4) is 5.75 Å². The molecule has 6 nitrogen and oxygen atoms in total. The summed E-state index contributed by atoms with van der Waals surface area (Å²) >= 11 is 0. The van der Waals surface area contributed by atoms with Crippen LogP contribution in [-0.4, -0.2) is 30.6 Å². The number of benzene rings is 1. The van der Waals surface area contributed by atoms with Gasteiger partial charge in [0, 0.05) is 6.54 Å². The Morgan fingerprint density at radius 3 is 2.59 bits per heavy atom. The SMILES string of the molecule is COc1ccccc1N(CC(C)C(=O)O)C(=O)c1ccco1. The van der Waals surface area contributed by atoms with E-state index in [1.807, 2.05) is 0 Å². The number of para-hydroxylation sites is 2. The number of hydrogen-bond acceptors (Lipinski definition) is 4. The molecule has 6 heteroatoms. The second kappa shape index (κ2) is 6.80. The molecule has 0 fully saturated rings. The molecule has 0 saturated heterocycles. The van der Waals surface area contributed by atoms with Gasteiger partial charge in [-0.2, -0.15) is 0 Å². The van der Waals surface area contributed by atoms with Crippen LogP contribution in [0, 0.1) is 5.92 Å². The third kappa shape index (κ3) is 3.28. The number of carbonyl (C=O) groups excluding carboxylic acids is 1. The quantitative estimate of drug-likeness (QED) is 0.887. The van der Waals surface area contributed by atoms with Crippen molar-refractivity contribution in [3.63, 3.8) is 0 Å². The zero-order chi connectivity index (χ0) is 16.1. The topological polar surface area (TPSA) is 80.0 Å². The van der Waals surface area contributed by atoms with E-state index in [1.54, 1.807) is 37.3 Å². The zero-order valence-corrected chi connectivity index (χ0v) is 12.4. The summed E-state index contributed by atoms with van der Waals surface area (Å²) in [6.07, 6.45) is 1.40. The van der Waals surface area contributed by atoms with E-state index in [0.717, 1.165) is 0 Å². The molecule has 1 aromatic heterocycles. The summed E-state index contributed by atoms with van der Waals surface area (Å²) in [5.41, 5.74) is 0.500. The van der Waals surface area contributed by atoms with Crippen LogP contribution in [0.5, 0.6) is 5.75 Å². The number of rotatable bonds is 6. The number of carbonyl (C=O) groups is 2. The molecule has 116 valence electrons. The first-order valence-electron chi connectivity index (χ1n) is 6.75. The molecule has 1 heterocycles. The van der Waals surface area contributed by atoms with Gasteiger partial charge in [0.05, 0.1) is 25.0 Å². The van der Waals surface area contributed by atoms with E-state index in [2.05, 4.69) is 0 Å². The van der Waals surface area contributed by atoms with Crippen LogP contribution in [0.3, 0.4) is 0 Å². The first kappa shape index (κ1) is 15.6. The van der Waals surface area contributed by atoms with Gasteiger partial charge >= 0.3 is 5.97 Å². The molecule has 0 spiro atoms. The lowest BCUT2D eigenvalue weighted by molar-refractivity contribution is -0.140. The fourth-order valence-corrected chi connectivity index (χ4v) is 2.03. The summed E-state index contributed by atoms with van der Waals surface area (Å²) in [7, 11) is 1.50. The highest BCUT2D eigenvalue weighted by Crippen LogP contribution is 2.29. The van der Waals surface area contributed by atoms with Crippen LogP contribution in [0.4, 0.5) is 5.69 Å². The van der Waals surface area contributed by atoms with Crippen molar-refractivity contribution in [2.24, 2.45) is 5.92 Å². The lowest BCUT2D eigenvalue weighted by Gasteiger charge is -2.25. The van der Waals surface area contributed by atoms with Crippen LogP contribution in [0.1, 0.15) is 17.5 Å². The first-order chi connectivity index (χ1) is 10.5. The maximum Gasteiger partial charge on any atom is 0.308 e. The van der Waals surface area contributed by atoms with Gasteiger partial charge in [-0.25, -0.2) is 0 Å². The van der Waals surface area contributed by atoms with Gasteiger partial charge in [-0.05, 0) is 24.3 Å². The van der Waals surface area contributed by atoms with Crippen molar-refractivity contribution < 1.29 is 23.8 Å². The van der Waals surface area contributed by atoms with Crippen molar-refractivity contribution in [1.82, 2.24) is 0 Å². The highest BCUT2D eigenvalue weighted by Gasteiger charge is 2.26. The number of furan rings is 1. The molecule has 0 aliphatic rings. The van der Waals surface area contributed by atoms with Gasteiger partial charge in [0.25, 0.3) is 5.91 Å². The van der Waals surface area contributed by atoms with Crippen LogP contribution in [0.15, 0.2) is 47.1 Å². The van der Waals surface area contributed by atoms with E-state index in [9.17, 15) is 9.59 Å². The number of ether oxygens (including phenoxy) is 1. The average Bonchev–Trinajstić information content (AvgIpc) is 3.06. The highest BCUT2D eigenvalue weighted by atomic mass is 16.5. The van der Waals surface area contributed by atoms with Gasteiger partial charge < -0.3 is 19.2 Å². The predicted octanol–water partition coefficient (Wildman–Crippen LogP) is 2.66. The molecule has 2 rings (SSSR count). The molecule has 22 heavy (non-hydrogen) atoms. The van der Waals surface area contributed by atoms with Crippen LogP contribution < -0.4 is 9.64 Å². The maximum absolute atomic E-state index is 12.6. The van der Waals surface area contributed by atoms with Gasteiger partial charge in [0.2, 0.25) is 0 Å². The second-order valence-corrected chi connectivity index (χ2v) is 4.80. The standard InChI is InChI=1S/C16H17NO5/c1-11(16(19)20)10-17(15(18)14-8-5-9-22-14)12-6-3-4-7-13(12)21-2/h3-9,11H,10H2,1-2H3,(H,19,20). The van der Waals surface area contributed by atoms with Gasteiger partial charge in [0.1, 0.15) is 5.75 Å². The molecule has 1 unspecified atom stereocenters. The van der Waals surface area contributed by atoms with E-state index >= 15 is 0 Å². The molecule has 1 atom stereocenters. The minimum Gasteiger partial charge on any atom is -0.495 e. The van der Waals surface area contributed by atoms with Crippen molar-refractivity contribution in [2.45, 2.75) is 6.92 Å². The number of hydrogen-bond donors (Lipinski definition) is 1. The lowest BCUT2D eigenvalue weighted by atomic mass is 10.1. The Balaban J connectivity index is 2.41. The van der Waals surface area contributed by atoms with Gasteiger partial charge in [-0.1, -0.05) is 19.1 Å². The number of amides is 1. The Labute approximate surface area is 127 Å². The summed E-state index contributed by atoms with van der Waals surface area (Å²) in [6, 6.07) is 10.1. The summed E-state index contributed by atoms with van der Waals surface area (Å²) in [4.78, 5) is 25.1. The largest absolute Gasteiger partial charge is 0.495 e. The maximum atomic E-state index is 12.6. The molecule has 0 aliphatic carbocycles. The summed E-state index contributed by atoms with van der Waals surface area (Å²) in [5, 5.41) is 9.12. The Kier molecular flexibility index (Phi) is 4.83. The molecule has 1 N–H and O–H groups in total. The van der Waals surface area contributed by atoms with Gasteiger partial charge in [0.15, 0.2) is 5.76 Å². The third-order valence-electron chi connectivity index (χ3n) is 3.23. The summed E-state index contributed by atoms with van der Waals surface area (Å²) in [5.74, 6) is -1.50. The zero-order valence-electron chi connectivity index (χ0n) is 12.4. The number of carboxylic acid groups (broad SMARTS) is 1. The number of anilines is 1. The number of carboxylic acids is 1. The third-order valence-corrected chi connectivity index (χ3v) is 3.23. The molecule has 0 saturated carbocycles. The van der Waals surface area contributed by atoms with E-state index in [1.165, 1.54) is 24.3 Å². The summed E-state index contributed by atoms with van der Waals surface area (Å²) < 4.78 is 10.4. The average molecular weight is 303 g/mol. The Morgan fingerprint density at radius 2 is 2.00 bits per heavy atom. The first-order valence-corrected chi connectivity index (χ1v) is 6.75. The molecule has 2 aromatic rings. The van der Waals surface area contributed by atoms with E-state index in [0.29, 0.717) is 11.4 Å². The fourth-order valence-electron chi connectivity index (χ4n) is 2.03. The lowest BCUT2D eigenvalue weighted by Crippen LogP contribution is -2.37. The molecule has 0 radical (unpaired) electrons. The smallest absolute Gasteiger partial charge is 0.308 e.